The fourth-order valence-corrected chi connectivity index (χ4v) is 1.70. The molecule has 3 nitrogen and oxygen atoms in total. The highest BCUT2D eigenvalue weighted by atomic mass is 16.2. The number of amides is 1. The topological polar surface area (TPSA) is 41.8 Å². The summed E-state index contributed by atoms with van der Waals surface area (Å²) in [7, 11) is 0. The molecule has 0 aromatic carbocycles. The molecule has 0 radical (unpaired) electrons. The lowest BCUT2D eigenvalue weighted by molar-refractivity contribution is -0.121. The van der Waals surface area contributed by atoms with Crippen LogP contribution in [-0.4, -0.2) is 5.91 Å². The smallest absolute Gasteiger partial charge is 0.270 e. The summed E-state index contributed by atoms with van der Waals surface area (Å²) in [4.78, 5) is 11.1. The van der Waals surface area contributed by atoms with Crippen LogP contribution in [0.1, 0.15) is 25.7 Å². The molecule has 2 rings (SSSR count). The monoisotopic (exact) mass is 150 g/mol. The molecule has 1 aliphatic carbocycles. The van der Waals surface area contributed by atoms with E-state index in [4.69, 9.17) is 0 Å². The molecule has 1 atom stereocenters. The zero-order valence-corrected chi connectivity index (χ0v) is 6.29. The van der Waals surface area contributed by atoms with Gasteiger partial charge in [0.05, 0.1) is 5.92 Å². The molecule has 0 spiro atoms. The average Bonchev–Trinajstić information content (AvgIpc) is 2.06. The average molecular weight is 150 g/mol. The lowest BCUT2D eigenvalue weighted by Gasteiger charge is -2.22. The van der Waals surface area contributed by atoms with Crippen LogP contribution < -0.4 is 0 Å². The van der Waals surface area contributed by atoms with Crippen LogP contribution in [0.15, 0.2) is 22.0 Å². The molecule has 11 heavy (non-hydrogen) atoms. The number of hydrogen-bond acceptors (Lipinski definition) is 2. The first-order chi connectivity index (χ1) is 5.38. The van der Waals surface area contributed by atoms with Crippen molar-refractivity contribution in [3.8, 4) is 0 Å². The zero-order valence-electron chi connectivity index (χ0n) is 6.29. The van der Waals surface area contributed by atoms with E-state index in [0.29, 0.717) is 0 Å². The lowest BCUT2D eigenvalue weighted by atomic mass is 9.84. The number of nitrogens with zero attached hydrogens (tertiary/aromatic N) is 2. The number of rotatable bonds is 0. The molecular weight excluding hydrogens is 140 g/mol. The summed E-state index contributed by atoms with van der Waals surface area (Å²) in [6.07, 6.45) is 6.12. The van der Waals surface area contributed by atoms with Crippen LogP contribution in [0, 0.1) is 5.92 Å². The first-order valence-corrected chi connectivity index (χ1v) is 4.01. The van der Waals surface area contributed by atoms with Crippen molar-refractivity contribution >= 4 is 5.91 Å². The van der Waals surface area contributed by atoms with Crippen molar-refractivity contribution in [2.24, 2.45) is 16.1 Å². The molecule has 2 aliphatic rings. The maximum Gasteiger partial charge on any atom is 0.271 e. The maximum atomic E-state index is 11.1. The molecule has 1 unspecified atom stereocenters. The van der Waals surface area contributed by atoms with Crippen LogP contribution in [0.2, 0.25) is 0 Å². The fourth-order valence-electron chi connectivity index (χ4n) is 1.70. The van der Waals surface area contributed by atoms with Gasteiger partial charge >= 0.3 is 0 Å². The number of azo groups is 1. The molecule has 0 bridgehead atoms. The minimum Gasteiger partial charge on any atom is -0.270 e. The van der Waals surface area contributed by atoms with Gasteiger partial charge in [-0.3, -0.25) is 4.79 Å². The standard InChI is InChI=1S/C8H10N2O/c11-8-7-4-2-1-3-6(7)5-9-10-8/h5,7H,1-4H2. The summed E-state index contributed by atoms with van der Waals surface area (Å²) >= 11 is 0. The van der Waals surface area contributed by atoms with Gasteiger partial charge in [-0.25, -0.2) is 0 Å². The zero-order chi connectivity index (χ0) is 7.68. The van der Waals surface area contributed by atoms with Gasteiger partial charge in [-0.2, -0.15) is 5.11 Å². The highest BCUT2D eigenvalue weighted by Gasteiger charge is 2.27. The van der Waals surface area contributed by atoms with E-state index in [1.807, 2.05) is 0 Å². The molecule has 58 valence electrons. The van der Waals surface area contributed by atoms with Crippen molar-refractivity contribution in [3.05, 3.63) is 11.8 Å². The van der Waals surface area contributed by atoms with Crippen LogP contribution in [0.25, 0.3) is 0 Å². The molecule has 0 saturated heterocycles. The molecule has 1 aliphatic heterocycles. The Morgan fingerprint density at radius 3 is 3.18 bits per heavy atom. The van der Waals surface area contributed by atoms with Crippen LogP contribution in [0.5, 0.6) is 0 Å². The molecule has 1 saturated carbocycles. The van der Waals surface area contributed by atoms with E-state index in [9.17, 15) is 4.79 Å². The Labute approximate surface area is 65.2 Å². The van der Waals surface area contributed by atoms with E-state index >= 15 is 0 Å². The minimum atomic E-state index is -0.0396. The number of hydrogen-bond donors (Lipinski definition) is 0. The second-order valence-electron chi connectivity index (χ2n) is 3.06. The van der Waals surface area contributed by atoms with Gasteiger partial charge < -0.3 is 0 Å². The Morgan fingerprint density at radius 1 is 1.45 bits per heavy atom. The molecule has 1 fully saturated rings. The normalized spacial score (nSPS) is 29.6. The minimum absolute atomic E-state index is 0.0396. The lowest BCUT2D eigenvalue weighted by Crippen LogP contribution is -2.20. The summed E-state index contributed by atoms with van der Waals surface area (Å²) in [6, 6.07) is 0. The van der Waals surface area contributed by atoms with Gasteiger partial charge in [0.25, 0.3) is 5.91 Å². The Kier molecular flexibility index (Phi) is 1.56. The fraction of sp³-hybridized carbons (Fsp3) is 0.625. The molecule has 3 heteroatoms. The third kappa shape index (κ3) is 1.11. The largest absolute Gasteiger partial charge is 0.271 e. The van der Waals surface area contributed by atoms with E-state index in [0.717, 1.165) is 19.3 Å². The molecule has 1 amide bonds. The Hall–Kier alpha value is -0.990. The summed E-state index contributed by atoms with van der Waals surface area (Å²) < 4.78 is 0. The van der Waals surface area contributed by atoms with Crippen molar-refractivity contribution in [1.29, 1.82) is 0 Å². The highest BCUT2D eigenvalue weighted by Crippen LogP contribution is 2.32. The summed E-state index contributed by atoms with van der Waals surface area (Å²) in [5.41, 5.74) is 1.19. The van der Waals surface area contributed by atoms with Crippen LogP contribution in [-0.2, 0) is 4.79 Å². The van der Waals surface area contributed by atoms with E-state index in [1.165, 1.54) is 12.0 Å². The van der Waals surface area contributed by atoms with Gasteiger partial charge in [0, 0.05) is 6.20 Å². The summed E-state index contributed by atoms with van der Waals surface area (Å²) in [5, 5.41) is 7.18. The van der Waals surface area contributed by atoms with Gasteiger partial charge in [-0.15, -0.1) is 5.11 Å². The van der Waals surface area contributed by atoms with Crippen molar-refractivity contribution in [2.75, 3.05) is 0 Å². The van der Waals surface area contributed by atoms with Gasteiger partial charge in [0.15, 0.2) is 0 Å². The van der Waals surface area contributed by atoms with Crippen molar-refractivity contribution in [1.82, 2.24) is 0 Å². The molecular formula is C8H10N2O. The van der Waals surface area contributed by atoms with Gasteiger partial charge in [-0.1, -0.05) is 6.42 Å². The van der Waals surface area contributed by atoms with Crippen molar-refractivity contribution in [3.63, 3.8) is 0 Å². The van der Waals surface area contributed by atoms with E-state index in [1.54, 1.807) is 6.20 Å². The second kappa shape index (κ2) is 2.57. The van der Waals surface area contributed by atoms with Crippen molar-refractivity contribution < 1.29 is 4.79 Å². The van der Waals surface area contributed by atoms with Gasteiger partial charge in [0.1, 0.15) is 0 Å². The predicted molar refractivity (Wildman–Crippen MR) is 39.9 cm³/mol. The third-order valence-corrected chi connectivity index (χ3v) is 2.33. The van der Waals surface area contributed by atoms with Crippen LogP contribution >= 0.6 is 0 Å². The number of fused-ring (bicyclic) bond motifs is 1. The summed E-state index contributed by atoms with van der Waals surface area (Å²) in [5.74, 6) is 0.0449. The molecule has 0 N–H and O–H groups in total. The first kappa shape index (κ1) is 6.70. The maximum absolute atomic E-state index is 11.1. The SMILES string of the molecule is O=C1N=NC=C2CCCCC12. The Morgan fingerprint density at radius 2 is 2.36 bits per heavy atom. The molecule has 1 heterocycles. The van der Waals surface area contributed by atoms with Crippen LogP contribution in [0.3, 0.4) is 0 Å². The highest BCUT2D eigenvalue weighted by molar-refractivity contribution is 5.82. The van der Waals surface area contributed by atoms with Gasteiger partial charge in [-0.05, 0) is 24.8 Å². The first-order valence-electron chi connectivity index (χ1n) is 4.01. The summed E-state index contributed by atoms with van der Waals surface area (Å²) in [6.45, 7) is 0. The quantitative estimate of drug-likeness (QED) is 0.521. The van der Waals surface area contributed by atoms with E-state index in [2.05, 4.69) is 10.2 Å². The number of carbonyl (C=O) groups is 1. The van der Waals surface area contributed by atoms with E-state index < -0.39 is 0 Å². The van der Waals surface area contributed by atoms with E-state index in [-0.39, 0.29) is 11.8 Å². The molecule has 0 aromatic heterocycles. The van der Waals surface area contributed by atoms with Crippen molar-refractivity contribution in [2.45, 2.75) is 25.7 Å². The second-order valence-corrected chi connectivity index (χ2v) is 3.06. The predicted octanol–water partition coefficient (Wildman–Crippen LogP) is 2.05. The number of carbonyl (C=O) groups excluding carboxylic acids is 1. The Balaban J connectivity index is 2.25. The van der Waals surface area contributed by atoms with Gasteiger partial charge in [0.2, 0.25) is 0 Å². The third-order valence-electron chi connectivity index (χ3n) is 2.33. The Bertz CT molecular complexity index is 242. The van der Waals surface area contributed by atoms with Crippen LogP contribution in [0.4, 0.5) is 0 Å². The molecule has 0 aromatic rings.